The molecule has 6 heteroatoms. The maximum absolute atomic E-state index is 12.4. The highest BCUT2D eigenvalue weighted by atomic mass is 16.1. The molecule has 6 nitrogen and oxygen atoms in total. The van der Waals surface area contributed by atoms with Gasteiger partial charge in [-0.2, -0.15) is 0 Å². The van der Waals surface area contributed by atoms with Gasteiger partial charge >= 0.3 is 0 Å². The monoisotopic (exact) mass is 395 g/mol. The fraction of sp³-hybridized carbons (Fsp3) is 0.522. The van der Waals surface area contributed by atoms with E-state index in [-0.39, 0.29) is 5.91 Å². The minimum absolute atomic E-state index is 0.121. The molecule has 1 aromatic carbocycles. The van der Waals surface area contributed by atoms with Crippen LogP contribution in [0.25, 0.3) is 0 Å². The second-order valence-corrected chi connectivity index (χ2v) is 7.72. The van der Waals surface area contributed by atoms with Gasteiger partial charge in [0, 0.05) is 37.8 Å². The maximum atomic E-state index is 12.4. The van der Waals surface area contributed by atoms with Crippen LogP contribution in [0.15, 0.2) is 36.7 Å². The number of nitrogens with one attached hydrogen (secondary N) is 2. The number of nitrogens with zero attached hydrogens (tertiary/aromatic N) is 3. The fourth-order valence-electron chi connectivity index (χ4n) is 3.82. The topological polar surface area (TPSA) is 70.2 Å². The van der Waals surface area contributed by atoms with Crippen molar-refractivity contribution in [1.29, 1.82) is 0 Å². The lowest BCUT2D eigenvalue weighted by Crippen LogP contribution is -2.34. The average molecular weight is 396 g/mol. The molecule has 1 aliphatic heterocycles. The van der Waals surface area contributed by atoms with Crippen molar-refractivity contribution in [2.75, 3.05) is 35.2 Å². The molecule has 0 atom stereocenters. The number of para-hydroxylation sites is 1. The zero-order valence-corrected chi connectivity index (χ0v) is 17.7. The molecular formula is C23H33N5O. The molecule has 1 fully saturated rings. The minimum Gasteiger partial charge on any atom is -0.370 e. The molecule has 0 unspecified atom stereocenters. The quantitative estimate of drug-likeness (QED) is 0.654. The van der Waals surface area contributed by atoms with Crippen LogP contribution >= 0.6 is 0 Å². The van der Waals surface area contributed by atoms with Gasteiger partial charge in [0.2, 0.25) is 5.91 Å². The first-order valence-corrected chi connectivity index (χ1v) is 10.9. The summed E-state index contributed by atoms with van der Waals surface area (Å²) in [7, 11) is 0. The maximum Gasteiger partial charge on any atom is 0.224 e. The lowest BCUT2D eigenvalue weighted by Gasteiger charge is -2.32. The Hall–Kier alpha value is -2.63. The van der Waals surface area contributed by atoms with E-state index in [0.717, 1.165) is 69.1 Å². The van der Waals surface area contributed by atoms with Crippen LogP contribution in [-0.2, 0) is 11.2 Å². The molecule has 0 bridgehead atoms. The molecular weight excluding hydrogens is 362 g/mol. The van der Waals surface area contributed by atoms with Gasteiger partial charge < -0.3 is 15.5 Å². The summed E-state index contributed by atoms with van der Waals surface area (Å²) in [5.74, 6) is 2.60. The molecule has 2 aromatic rings. The van der Waals surface area contributed by atoms with E-state index in [1.54, 1.807) is 6.33 Å². The summed E-state index contributed by atoms with van der Waals surface area (Å²) < 4.78 is 0. The number of benzene rings is 1. The first kappa shape index (κ1) is 21.1. The van der Waals surface area contributed by atoms with Crippen molar-refractivity contribution in [3.05, 3.63) is 42.2 Å². The lowest BCUT2D eigenvalue weighted by atomic mass is 9.92. The van der Waals surface area contributed by atoms with Gasteiger partial charge in [-0.3, -0.25) is 4.79 Å². The Morgan fingerprint density at radius 3 is 2.72 bits per heavy atom. The minimum atomic E-state index is 0.121. The van der Waals surface area contributed by atoms with Crippen molar-refractivity contribution in [3.63, 3.8) is 0 Å². The molecule has 156 valence electrons. The lowest BCUT2D eigenvalue weighted by molar-refractivity contribution is -0.116. The molecule has 0 radical (unpaired) electrons. The number of hydrogen-bond donors (Lipinski definition) is 2. The van der Waals surface area contributed by atoms with Gasteiger partial charge in [0.25, 0.3) is 0 Å². The Morgan fingerprint density at radius 1 is 1.17 bits per heavy atom. The van der Waals surface area contributed by atoms with E-state index in [1.165, 1.54) is 5.56 Å². The number of aryl methyl sites for hydroxylation is 1. The van der Waals surface area contributed by atoms with E-state index >= 15 is 0 Å². The number of carbonyl (C=O) groups is 1. The van der Waals surface area contributed by atoms with Gasteiger partial charge in [-0.05, 0) is 49.7 Å². The highest BCUT2D eigenvalue weighted by Gasteiger charge is 2.21. The summed E-state index contributed by atoms with van der Waals surface area (Å²) >= 11 is 0. The van der Waals surface area contributed by atoms with Gasteiger partial charge in [0.15, 0.2) is 0 Å². The van der Waals surface area contributed by atoms with Crippen LogP contribution in [0, 0.1) is 5.92 Å². The van der Waals surface area contributed by atoms with Crippen molar-refractivity contribution in [1.82, 2.24) is 9.97 Å². The highest BCUT2D eigenvalue weighted by Crippen LogP contribution is 2.26. The number of anilines is 3. The van der Waals surface area contributed by atoms with E-state index < -0.39 is 0 Å². The summed E-state index contributed by atoms with van der Waals surface area (Å²) in [6, 6.07) is 10.1. The van der Waals surface area contributed by atoms with Crippen molar-refractivity contribution in [2.45, 2.75) is 52.4 Å². The number of aromatic nitrogens is 2. The molecule has 3 rings (SSSR count). The summed E-state index contributed by atoms with van der Waals surface area (Å²) in [6.45, 7) is 7.13. The molecule has 2 heterocycles. The number of hydrogen-bond acceptors (Lipinski definition) is 5. The molecule has 1 aliphatic rings. The van der Waals surface area contributed by atoms with Crippen LogP contribution in [0.5, 0.6) is 0 Å². The van der Waals surface area contributed by atoms with E-state index in [1.807, 2.05) is 24.3 Å². The number of amides is 1. The molecule has 1 saturated heterocycles. The van der Waals surface area contributed by atoms with Crippen LogP contribution in [0.1, 0.15) is 51.5 Å². The Bertz CT molecular complexity index is 786. The zero-order chi connectivity index (χ0) is 20.5. The summed E-state index contributed by atoms with van der Waals surface area (Å²) in [6.07, 6.45) is 7.36. The normalized spacial score (nSPS) is 14.6. The van der Waals surface area contributed by atoms with Crippen molar-refractivity contribution in [2.24, 2.45) is 5.92 Å². The molecule has 1 amide bonds. The summed E-state index contributed by atoms with van der Waals surface area (Å²) in [4.78, 5) is 23.4. The van der Waals surface area contributed by atoms with E-state index in [2.05, 4.69) is 45.4 Å². The molecule has 0 spiro atoms. The summed E-state index contributed by atoms with van der Waals surface area (Å²) in [5, 5.41) is 6.41. The number of rotatable bonds is 9. The smallest absolute Gasteiger partial charge is 0.224 e. The Morgan fingerprint density at radius 2 is 1.97 bits per heavy atom. The second-order valence-electron chi connectivity index (χ2n) is 7.72. The van der Waals surface area contributed by atoms with Crippen molar-refractivity contribution < 1.29 is 4.79 Å². The largest absolute Gasteiger partial charge is 0.370 e. The average Bonchev–Trinajstić information content (AvgIpc) is 2.77. The van der Waals surface area contributed by atoms with Crippen LogP contribution in [-0.4, -0.2) is 35.5 Å². The summed E-state index contributed by atoms with van der Waals surface area (Å²) in [5.41, 5.74) is 2.14. The fourth-order valence-corrected chi connectivity index (χ4v) is 3.82. The Labute approximate surface area is 174 Å². The van der Waals surface area contributed by atoms with Crippen molar-refractivity contribution in [3.8, 4) is 0 Å². The predicted molar refractivity (Wildman–Crippen MR) is 119 cm³/mol. The standard InChI is InChI=1S/C23H33N5O/c1-3-13-24-21-16-22(26-17-25-21)28-14-11-18(12-15-28)9-10-23(29)27-20-8-6-5-7-19(20)4-2/h5-8,16-18H,3-4,9-15H2,1-2H3,(H,27,29)(H,24,25,26). The Balaban J connectivity index is 1.43. The number of carbonyl (C=O) groups excluding carboxylic acids is 1. The van der Waals surface area contributed by atoms with E-state index in [0.29, 0.717) is 12.3 Å². The predicted octanol–water partition coefficient (Wildman–Crippen LogP) is 4.50. The van der Waals surface area contributed by atoms with Crippen LogP contribution in [0.4, 0.5) is 17.3 Å². The van der Waals surface area contributed by atoms with Crippen LogP contribution < -0.4 is 15.5 Å². The van der Waals surface area contributed by atoms with Gasteiger partial charge in [-0.15, -0.1) is 0 Å². The first-order chi connectivity index (χ1) is 14.2. The SMILES string of the molecule is CCCNc1cc(N2CCC(CCC(=O)Nc3ccccc3CC)CC2)ncn1. The van der Waals surface area contributed by atoms with Gasteiger partial charge in [0.1, 0.15) is 18.0 Å². The molecule has 0 saturated carbocycles. The first-order valence-electron chi connectivity index (χ1n) is 10.9. The van der Waals surface area contributed by atoms with Gasteiger partial charge in [-0.25, -0.2) is 9.97 Å². The third-order valence-electron chi connectivity index (χ3n) is 5.60. The van der Waals surface area contributed by atoms with Gasteiger partial charge in [-0.1, -0.05) is 32.0 Å². The molecule has 0 aliphatic carbocycles. The highest BCUT2D eigenvalue weighted by molar-refractivity contribution is 5.91. The van der Waals surface area contributed by atoms with E-state index in [9.17, 15) is 4.79 Å². The second kappa shape index (κ2) is 10.8. The van der Waals surface area contributed by atoms with Gasteiger partial charge in [0.05, 0.1) is 0 Å². The molecule has 1 aromatic heterocycles. The Kier molecular flexibility index (Phi) is 7.85. The molecule has 2 N–H and O–H groups in total. The van der Waals surface area contributed by atoms with E-state index in [4.69, 9.17) is 0 Å². The zero-order valence-electron chi connectivity index (χ0n) is 17.7. The third kappa shape index (κ3) is 6.17. The number of piperidine rings is 1. The molecule has 29 heavy (non-hydrogen) atoms. The van der Waals surface area contributed by atoms with Crippen LogP contribution in [0.2, 0.25) is 0 Å². The van der Waals surface area contributed by atoms with Crippen molar-refractivity contribution >= 4 is 23.2 Å². The third-order valence-corrected chi connectivity index (χ3v) is 5.60. The van der Waals surface area contributed by atoms with Crippen LogP contribution in [0.3, 0.4) is 0 Å².